The molecule has 0 unspecified atom stereocenters. The lowest BCUT2D eigenvalue weighted by Gasteiger charge is -2.34. The van der Waals surface area contributed by atoms with E-state index in [0.717, 1.165) is 17.9 Å². The van der Waals surface area contributed by atoms with E-state index in [1.165, 1.54) is 22.3 Å². The molecule has 2 nitrogen and oxygen atoms in total. The lowest BCUT2D eigenvalue weighted by Crippen LogP contribution is -2.21. The highest BCUT2D eigenvalue weighted by Gasteiger charge is 2.31. The van der Waals surface area contributed by atoms with E-state index in [1.807, 2.05) is 0 Å². The van der Waals surface area contributed by atoms with Crippen LogP contribution in [-0.2, 0) is 5.41 Å². The molecule has 0 N–H and O–H groups in total. The Hall–Kier alpha value is -2.74. The van der Waals surface area contributed by atoms with E-state index >= 15 is 0 Å². The molecule has 0 fully saturated rings. The Labute approximate surface area is 168 Å². The molecule has 1 aliphatic heterocycles. The summed E-state index contributed by atoms with van der Waals surface area (Å²) in [5, 5.41) is 0. The van der Waals surface area contributed by atoms with Crippen molar-refractivity contribution in [2.24, 2.45) is 0 Å². The molecule has 28 heavy (non-hydrogen) atoms. The summed E-state index contributed by atoms with van der Waals surface area (Å²) in [6, 6.07) is 25.7. The van der Waals surface area contributed by atoms with Gasteiger partial charge in [0.25, 0.3) is 0 Å². The number of methoxy groups -OCH3 is 1. The molecule has 0 amide bonds. The van der Waals surface area contributed by atoms with Crippen LogP contribution in [0, 0.1) is 0 Å². The van der Waals surface area contributed by atoms with Crippen LogP contribution in [0.4, 0.5) is 0 Å². The minimum atomic E-state index is 0.0567. The van der Waals surface area contributed by atoms with Crippen molar-refractivity contribution < 1.29 is 9.47 Å². The molecule has 2 atom stereocenters. The first-order valence-electron chi connectivity index (χ1n) is 9.95. The number of hydrogen-bond donors (Lipinski definition) is 0. The van der Waals surface area contributed by atoms with Gasteiger partial charge in [-0.25, -0.2) is 0 Å². The Bertz CT molecular complexity index is 936. The number of rotatable bonds is 3. The number of hydrogen-bond acceptors (Lipinski definition) is 2. The van der Waals surface area contributed by atoms with Gasteiger partial charge in [0.2, 0.25) is 0 Å². The van der Waals surface area contributed by atoms with Gasteiger partial charge in [0.1, 0.15) is 17.6 Å². The summed E-state index contributed by atoms with van der Waals surface area (Å²) in [4.78, 5) is 0. The first-order chi connectivity index (χ1) is 13.5. The van der Waals surface area contributed by atoms with Crippen LogP contribution in [0.15, 0.2) is 72.8 Å². The standard InChI is InChI=1S/C26H28O2/c1-26(2,3)20-12-15-24-23(16-20)22(18-10-13-21(27-4)14-11-18)17-25(28-24)19-8-6-5-7-9-19/h5-16,22,25H,17H2,1-4H3/t22-,25-/m0/s1. The van der Waals surface area contributed by atoms with Crippen LogP contribution in [0.5, 0.6) is 11.5 Å². The van der Waals surface area contributed by atoms with Gasteiger partial charge < -0.3 is 9.47 Å². The van der Waals surface area contributed by atoms with Gasteiger partial charge in [0.15, 0.2) is 0 Å². The van der Waals surface area contributed by atoms with Crippen LogP contribution in [0.1, 0.15) is 61.5 Å². The predicted molar refractivity (Wildman–Crippen MR) is 114 cm³/mol. The summed E-state index contributed by atoms with van der Waals surface area (Å²) in [5.41, 5.74) is 5.26. The Morgan fingerprint density at radius 1 is 0.857 bits per heavy atom. The molecular weight excluding hydrogens is 344 g/mol. The van der Waals surface area contributed by atoms with Crippen molar-refractivity contribution in [3.8, 4) is 11.5 Å². The maximum absolute atomic E-state index is 6.46. The monoisotopic (exact) mass is 372 g/mol. The highest BCUT2D eigenvalue weighted by molar-refractivity contribution is 5.48. The Balaban J connectivity index is 1.79. The second-order valence-electron chi connectivity index (χ2n) is 8.58. The molecule has 0 spiro atoms. The van der Waals surface area contributed by atoms with Crippen molar-refractivity contribution in [2.45, 2.75) is 44.6 Å². The summed E-state index contributed by atoms with van der Waals surface area (Å²) < 4.78 is 11.8. The molecule has 3 aromatic rings. The van der Waals surface area contributed by atoms with E-state index in [0.29, 0.717) is 5.92 Å². The second-order valence-corrected chi connectivity index (χ2v) is 8.58. The lowest BCUT2D eigenvalue weighted by atomic mass is 9.79. The molecule has 0 aliphatic carbocycles. The van der Waals surface area contributed by atoms with Gasteiger partial charge >= 0.3 is 0 Å². The minimum absolute atomic E-state index is 0.0567. The van der Waals surface area contributed by atoms with Crippen molar-refractivity contribution in [1.82, 2.24) is 0 Å². The van der Waals surface area contributed by atoms with E-state index in [-0.39, 0.29) is 11.5 Å². The topological polar surface area (TPSA) is 18.5 Å². The van der Waals surface area contributed by atoms with E-state index in [4.69, 9.17) is 9.47 Å². The quantitative estimate of drug-likeness (QED) is 0.512. The van der Waals surface area contributed by atoms with Gasteiger partial charge in [0.05, 0.1) is 7.11 Å². The SMILES string of the molecule is COc1ccc([C@@H]2C[C@@H](c3ccccc3)Oc3ccc(C(C)(C)C)cc32)cc1. The maximum atomic E-state index is 6.46. The van der Waals surface area contributed by atoms with Crippen molar-refractivity contribution in [1.29, 1.82) is 0 Å². The molecule has 144 valence electrons. The van der Waals surface area contributed by atoms with E-state index in [9.17, 15) is 0 Å². The first-order valence-corrected chi connectivity index (χ1v) is 9.95. The molecule has 4 rings (SSSR count). The van der Waals surface area contributed by atoms with Crippen molar-refractivity contribution in [3.63, 3.8) is 0 Å². The first kappa shape index (κ1) is 18.6. The molecule has 1 aliphatic rings. The Morgan fingerprint density at radius 3 is 2.21 bits per heavy atom. The average Bonchev–Trinajstić information content (AvgIpc) is 2.72. The van der Waals surface area contributed by atoms with Gasteiger partial charge in [-0.15, -0.1) is 0 Å². The van der Waals surface area contributed by atoms with Crippen molar-refractivity contribution >= 4 is 0 Å². The molecule has 0 bridgehead atoms. The number of benzene rings is 3. The molecular formula is C26H28O2. The Kier molecular flexibility index (Phi) is 4.89. The summed E-state index contributed by atoms with van der Waals surface area (Å²) in [5.74, 6) is 2.18. The fraction of sp³-hybridized carbons (Fsp3) is 0.308. The van der Waals surface area contributed by atoms with Crippen LogP contribution >= 0.6 is 0 Å². The normalized spacial score (nSPS) is 18.9. The van der Waals surface area contributed by atoms with Crippen molar-refractivity contribution in [2.75, 3.05) is 7.11 Å². The van der Waals surface area contributed by atoms with Crippen LogP contribution in [-0.4, -0.2) is 7.11 Å². The van der Waals surface area contributed by atoms with Gasteiger partial charge in [-0.2, -0.15) is 0 Å². The van der Waals surface area contributed by atoms with E-state index < -0.39 is 0 Å². The Morgan fingerprint density at radius 2 is 1.57 bits per heavy atom. The molecule has 0 radical (unpaired) electrons. The van der Waals surface area contributed by atoms with Crippen molar-refractivity contribution in [3.05, 3.63) is 95.1 Å². The molecule has 0 aromatic heterocycles. The van der Waals surface area contributed by atoms with Gasteiger partial charge in [-0.1, -0.05) is 75.4 Å². The van der Waals surface area contributed by atoms with E-state index in [1.54, 1.807) is 7.11 Å². The maximum Gasteiger partial charge on any atom is 0.125 e. The molecule has 0 saturated heterocycles. The average molecular weight is 373 g/mol. The minimum Gasteiger partial charge on any atom is -0.497 e. The molecule has 3 aromatic carbocycles. The highest BCUT2D eigenvalue weighted by Crippen LogP contribution is 2.46. The third-order valence-corrected chi connectivity index (χ3v) is 5.66. The van der Waals surface area contributed by atoms with E-state index in [2.05, 4.69) is 93.6 Å². The van der Waals surface area contributed by atoms with Gasteiger partial charge in [-0.3, -0.25) is 0 Å². The zero-order valence-electron chi connectivity index (χ0n) is 17.1. The predicted octanol–water partition coefficient (Wildman–Crippen LogP) is 6.65. The third kappa shape index (κ3) is 3.64. The summed E-state index contributed by atoms with van der Waals surface area (Å²) in [7, 11) is 1.71. The largest absolute Gasteiger partial charge is 0.497 e. The molecule has 1 heterocycles. The summed E-state index contributed by atoms with van der Waals surface area (Å²) in [6.45, 7) is 6.77. The number of fused-ring (bicyclic) bond motifs is 1. The lowest BCUT2D eigenvalue weighted by molar-refractivity contribution is 0.167. The zero-order chi connectivity index (χ0) is 19.7. The van der Waals surface area contributed by atoms with Gasteiger partial charge in [-0.05, 0) is 46.7 Å². The van der Waals surface area contributed by atoms with Crippen LogP contribution in [0.3, 0.4) is 0 Å². The molecule has 2 heteroatoms. The fourth-order valence-electron chi connectivity index (χ4n) is 3.96. The smallest absolute Gasteiger partial charge is 0.125 e. The van der Waals surface area contributed by atoms with Gasteiger partial charge in [0, 0.05) is 11.5 Å². The van der Waals surface area contributed by atoms with Crippen LogP contribution in [0.2, 0.25) is 0 Å². The highest BCUT2D eigenvalue weighted by atomic mass is 16.5. The summed E-state index contributed by atoms with van der Waals surface area (Å²) in [6.07, 6.45) is 0.984. The summed E-state index contributed by atoms with van der Waals surface area (Å²) >= 11 is 0. The zero-order valence-corrected chi connectivity index (χ0v) is 17.1. The fourth-order valence-corrected chi connectivity index (χ4v) is 3.96. The third-order valence-electron chi connectivity index (χ3n) is 5.66. The van der Waals surface area contributed by atoms with Crippen LogP contribution in [0.25, 0.3) is 0 Å². The number of ether oxygens (including phenoxy) is 2. The second kappa shape index (κ2) is 7.35. The van der Waals surface area contributed by atoms with Crippen LogP contribution < -0.4 is 9.47 Å². The molecule has 0 saturated carbocycles.